The lowest BCUT2D eigenvalue weighted by Crippen LogP contribution is -2.28. The van der Waals surface area contributed by atoms with Crippen molar-refractivity contribution < 1.29 is 9.90 Å². The molecule has 0 aliphatic heterocycles. The molecule has 0 atom stereocenters. The van der Waals surface area contributed by atoms with Crippen LogP contribution in [-0.4, -0.2) is 20.0 Å². The average molecular weight is 470 g/mol. The first-order valence-corrected chi connectivity index (χ1v) is 12.1. The summed E-state index contributed by atoms with van der Waals surface area (Å²) in [5, 5.41) is 20.0. The molecule has 3 aromatic carbocycles. The normalized spacial score (nSPS) is 12.3. The van der Waals surface area contributed by atoms with Crippen molar-refractivity contribution in [1.82, 2.24) is 9.13 Å². The third-order valence-electron chi connectivity index (χ3n) is 6.51. The number of fused-ring (bicyclic) bond motifs is 1. The number of nitrogens with zero attached hydrogens (tertiary/aromatic N) is 2. The fourth-order valence-corrected chi connectivity index (χ4v) is 4.55. The molecule has 2 N–H and O–H groups in total. The van der Waals surface area contributed by atoms with Crippen LogP contribution in [0, 0.1) is 5.41 Å². The van der Waals surface area contributed by atoms with Crippen molar-refractivity contribution in [2.24, 2.45) is 0 Å². The Morgan fingerprint density at radius 1 is 0.800 bits per heavy atom. The van der Waals surface area contributed by atoms with Gasteiger partial charge in [0.1, 0.15) is 5.75 Å². The number of hydrogen-bond donors (Lipinski definition) is 2. The zero-order valence-electron chi connectivity index (χ0n) is 21.5. The SMILES string of the molecule is CC(C)(C)c1cc(C(=O)Cn2c(=N)n(Cc3ccccc3)c3ccccc32)cc(C(C)(C)C)c1O. The summed E-state index contributed by atoms with van der Waals surface area (Å²) >= 11 is 0. The van der Waals surface area contributed by atoms with Crippen LogP contribution in [0.2, 0.25) is 0 Å². The first kappa shape index (κ1) is 24.5. The Morgan fingerprint density at radius 3 is 1.80 bits per heavy atom. The van der Waals surface area contributed by atoms with Crippen molar-refractivity contribution >= 4 is 16.8 Å². The van der Waals surface area contributed by atoms with Crippen molar-refractivity contribution in [2.75, 3.05) is 0 Å². The summed E-state index contributed by atoms with van der Waals surface area (Å²) in [6, 6.07) is 21.5. The maximum atomic E-state index is 13.7. The lowest BCUT2D eigenvalue weighted by Gasteiger charge is -2.28. The van der Waals surface area contributed by atoms with Gasteiger partial charge in [0.15, 0.2) is 5.78 Å². The lowest BCUT2D eigenvalue weighted by molar-refractivity contribution is 0.0971. The van der Waals surface area contributed by atoms with Gasteiger partial charge in [-0.2, -0.15) is 0 Å². The number of Topliss-reactive ketones (excluding diaryl/α,β-unsaturated/α-hetero) is 1. The molecule has 0 radical (unpaired) electrons. The van der Waals surface area contributed by atoms with Crippen LogP contribution in [0.15, 0.2) is 66.7 Å². The van der Waals surface area contributed by atoms with Gasteiger partial charge in [0.25, 0.3) is 0 Å². The smallest absolute Gasteiger partial charge is 0.203 e. The number of phenolic OH excluding ortho intramolecular Hbond substituents is 1. The number of benzene rings is 3. The number of nitrogens with one attached hydrogen (secondary N) is 1. The summed E-state index contributed by atoms with van der Waals surface area (Å²) in [5.74, 6) is 0.178. The molecule has 4 aromatic rings. The maximum absolute atomic E-state index is 13.7. The molecule has 0 bridgehead atoms. The minimum atomic E-state index is -0.320. The van der Waals surface area contributed by atoms with Gasteiger partial charge in [-0.1, -0.05) is 84.0 Å². The molecular weight excluding hydrogens is 434 g/mol. The fraction of sp³-hybridized carbons (Fsp3) is 0.333. The number of ketones is 1. The monoisotopic (exact) mass is 469 g/mol. The number of para-hydroxylation sites is 2. The molecule has 0 fully saturated rings. The van der Waals surface area contributed by atoms with Gasteiger partial charge in [-0.05, 0) is 40.7 Å². The third-order valence-corrected chi connectivity index (χ3v) is 6.51. The summed E-state index contributed by atoms with van der Waals surface area (Å²) in [4.78, 5) is 13.7. The zero-order valence-corrected chi connectivity index (χ0v) is 21.5. The van der Waals surface area contributed by atoms with E-state index in [1.54, 1.807) is 4.57 Å². The summed E-state index contributed by atoms with van der Waals surface area (Å²) in [5.41, 5.74) is 4.60. The van der Waals surface area contributed by atoms with Crippen molar-refractivity contribution in [1.29, 1.82) is 5.41 Å². The number of phenols is 1. The molecule has 1 aromatic heterocycles. The highest BCUT2D eigenvalue weighted by Gasteiger charge is 2.28. The van der Waals surface area contributed by atoms with Crippen LogP contribution in [0.3, 0.4) is 0 Å². The van der Waals surface area contributed by atoms with Gasteiger partial charge in [0.05, 0.1) is 24.1 Å². The van der Waals surface area contributed by atoms with E-state index in [2.05, 4.69) is 0 Å². The molecule has 0 saturated carbocycles. The molecule has 0 aliphatic rings. The molecule has 35 heavy (non-hydrogen) atoms. The van der Waals surface area contributed by atoms with E-state index in [1.165, 1.54) is 0 Å². The summed E-state index contributed by atoms with van der Waals surface area (Å²) in [6.07, 6.45) is 0. The van der Waals surface area contributed by atoms with Gasteiger partial charge in [-0.25, -0.2) is 0 Å². The second kappa shape index (κ2) is 8.88. The minimum Gasteiger partial charge on any atom is -0.507 e. The second-order valence-electron chi connectivity index (χ2n) is 11.3. The van der Waals surface area contributed by atoms with Crippen LogP contribution in [0.1, 0.15) is 68.6 Å². The van der Waals surface area contributed by atoms with E-state index in [0.29, 0.717) is 12.1 Å². The number of carbonyl (C=O) groups excluding carboxylic acids is 1. The number of imidazole rings is 1. The van der Waals surface area contributed by atoms with Crippen molar-refractivity contribution in [3.63, 3.8) is 0 Å². The van der Waals surface area contributed by atoms with Gasteiger partial charge < -0.3 is 14.2 Å². The van der Waals surface area contributed by atoms with E-state index in [4.69, 9.17) is 5.41 Å². The van der Waals surface area contributed by atoms with Crippen molar-refractivity contribution in [3.8, 4) is 5.75 Å². The Kier molecular flexibility index (Phi) is 6.22. The predicted molar refractivity (Wildman–Crippen MR) is 141 cm³/mol. The van der Waals surface area contributed by atoms with Gasteiger partial charge in [0.2, 0.25) is 5.62 Å². The molecule has 4 rings (SSSR count). The quantitative estimate of drug-likeness (QED) is 0.344. The Hall–Kier alpha value is -3.60. The molecule has 0 amide bonds. The molecular formula is C30H35N3O2. The van der Waals surface area contributed by atoms with Crippen LogP contribution in [0.25, 0.3) is 11.0 Å². The van der Waals surface area contributed by atoms with E-state index in [1.807, 2.05) is 113 Å². The molecule has 5 nitrogen and oxygen atoms in total. The first-order valence-electron chi connectivity index (χ1n) is 12.1. The topological polar surface area (TPSA) is 71.0 Å². The predicted octanol–water partition coefficient (Wildman–Crippen LogP) is 6.15. The molecule has 5 heteroatoms. The van der Waals surface area contributed by atoms with Gasteiger partial charge >= 0.3 is 0 Å². The molecule has 1 heterocycles. The summed E-state index contributed by atoms with van der Waals surface area (Å²) in [7, 11) is 0. The Morgan fingerprint density at radius 2 is 1.29 bits per heavy atom. The fourth-order valence-electron chi connectivity index (χ4n) is 4.55. The van der Waals surface area contributed by atoms with E-state index < -0.39 is 0 Å². The highest BCUT2D eigenvalue weighted by molar-refractivity contribution is 5.97. The Bertz CT molecular complexity index is 1410. The molecule has 0 saturated heterocycles. The van der Waals surface area contributed by atoms with Crippen LogP contribution in [0.4, 0.5) is 0 Å². The molecule has 0 aliphatic carbocycles. The maximum Gasteiger partial charge on any atom is 0.203 e. The van der Waals surface area contributed by atoms with E-state index >= 15 is 0 Å². The standard InChI is InChI=1S/C30H35N3O2/c1-29(2,3)22-16-21(17-23(27(22)35)30(4,5)6)26(34)19-33-25-15-11-10-14-24(25)32(28(33)31)18-20-12-8-7-9-13-20/h7-17,31,35H,18-19H2,1-6H3. The molecule has 182 valence electrons. The van der Waals surface area contributed by atoms with Crippen LogP contribution in [0.5, 0.6) is 5.75 Å². The highest BCUT2D eigenvalue weighted by atomic mass is 16.3. The number of hydrogen-bond acceptors (Lipinski definition) is 3. The van der Waals surface area contributed by atoms with Gasteiger partial charge in [-0.3, -0.25) is 10.2 Å². The Balaban J connectivity index is 1.80. The lowest BCUT2D eigenvalue weighted by atomic mass is 9.78. The average Bonchev–Trinajstić information content (AvgIpc) is 3.04. The van der Waals surface area contributed by atoms with Crippen LogP contribution in [-0.2, 0) is 23.9 Å². The zero-order chi connectivity index (χ0) is 25.5. The van der Waals surface area contributed by atoms with Crippen molar-refractivity contribution in [3.05, 3.63) is 94.6 Å². The number of aromatic hydroxyl groups is 1. The van der Waals surface area contributed by atoms with E-state index in [0.717, 1.165) is 27.7 Å². The molecule has 0 unspecified atom stereocenters. The molecule has 0 spiro atoms. The number of rotatable bonds is 5. The minimum absolute atomic E-state index is 0.0546. The van der Waals surface area contributed by atoms with Gasteiger partial charge in [-0.15, -0.1) is 0 Å². The summed E-state index contributed by atoms with van der Waals surface area (Å²) < 4.78 is 3.72. The number of carbonyl (C=O) groups is 1. The van der Waals surface area contributed by atoms with E-state index in [-0.39, 0.29) is 34.5 Å². The van der Waals surface area contributed by atoms with Gasteiger partial charge in [0, 0.05) is 16.7 Å². The van der Waals surface area contributed by atoms with Crippen LogP contribution >= 0.6 is 0 Å². The number of aromatic nitrogens is 2. The van der Waals surface area contributed by atoms with E-state index in [9.17, 15) is 9.90 Å². The Labute approximate surface area is 207 Å². The second-order valence-corrected chi connectivity index (χ2v) is 11.3. The highest BCUT2D eigenvalue weighted by Crippen LogP contribution is 2.40. The van der Waals surface area contributed by atoms with Crippen molar-refractivity contribution in [2.45, 2.75) is 65.5 Å². The van der Waals surface area contributed by atoms with Crippen LogP contribution < -0.4 is 5.62 Å². The largest absolute Gasteiger partial charge is 0.507 e. The first-order chi connectivity index (χ1) is 16.4. The third kappa shape index (κ3) is 4.81. The summed E-state index contributed by atoms with van der Waals surface area (Å²) in [6.45, 7) is 12.8.